The summed E-state index contributed by atoms with van der Waals surface area (Å²) in [5.41, 5.74) is 2.67. The number of rotatable bonds is 13. The summed E-state index contributed by atoms with van der Waals surface area (Å²) in [5.74, 6) is -0.529. The van der Waals surface area contributed by atoms with Crippen LogP contribution in [0.25, 0.3) is 0 Å². The third-order valence-corrected chi connectivity index (χ3v) is 7.75. The van der Waals surface area contributed by atoms with Gasteiger partial charge in [-0.15, -0.1) is 0 Å². The number of halogens is 1. The van der Waals surface area contributed by atoms with Gasteiger partial charge in [-0.05, 0) is 54.3 Å². The maximum absolute atomic E-state index is 14.1. The van der Waals surface area contributed by atoms with Gasteiger partial charge in [0.25, 0.3) is 0 Å². The van der Waals surface area contributed by atoms with E-state index in [-0.39, 0.29) is 24.6 Å². The molecule has 0 saturated heterocycles. The van der Waals surface area contributed by atoms with Crippen molar-refractivity contribution >= 4 is 39.1 Å². The highest BCUT2D eigenvalue weighted by Gasteiger charge is 2.33. The van der Waals surface area contributed by atoms with Crippen LogP contribution in [0.1, 0.15) is 30.0 Å². The molecule has 40 heavy (non-hydrogen) atoms. The monoisotopic (exact) mass is 585 g/mol. The van der Waals surface area contributed by atoms with Gasteiger partial charge in [0.1, 0.15) is 18.3 Å². The summed E-state index contributed by atoms with van der Waals surface area (Å²) >= 11 is 6.09. The van der Waals surface area contributed by atoms with Crippen molar-refractivity contribution in [2.24, 2.45) is 0 Å². The van der Waals surface area contributed by atoms with Crippen LogP contribution in [0.3, 0.4) is 0 Å². The highest BCUT2D eigenvalue weighted by Crippen LogP contribution is 2.31. The maximum Gasteiger partial charge on any atom is 0.244 e. The lowest BCUT2D eigenvalue weighted by molar-refractivity contribution is -0.140. The minimum atomic E-state index is -3.91. The van der Waals surface area contributed by atoms with Gasteiger partial charge in [0.15, 0.2) is 0 Å². The molecule has 0 radical (unpaired) electrons. The topological polar surface area (TPSA) is 96.0 Å². The number of carbonyl (C=O) groups is 2. The third kappa shape index (κ3) is 8.47. The first-order valence-corrected chi connectivity index (χ1v) is 15.2. The Labute approximate surface area is 241 Å². The van der Waals surface area contributed by atoms with E-state index in [0.717, 1.165) is 33.7 Å². The minimum absolute atomic E-state index is 0.0790. The Morgan fingerprint density at radius 2 is 1.68 bits per heavy atom. The van der Waals surface area contributed by atoms with Gasteiger partial charge in [0, 0.05) is 24.5 Å². The Morgan fingerprint density at radius 1 is 1.00 bits per heavy atom. The number of hydrogen-bond donors (Lipinski definition) is 1. The fourth-order valence-electron chi connectivity index (χ4n) is 4.30. The first kappa shape index (κ1) is 31.0. The summed E-state index contributed by atoms with van der Waals surface area (Å²) in [6, 6.07) is 20.6. The molecule has 214 valence electrons. The van der Waals surface area contributed by atoms with Crippen LogP contribution < -0.4 is 14.4 Å². The van der Waals surface area contributed by atoms with Gasteiger partial charge in [0.05, 0.1) is 19.1 Å². The molecule has 0 aliphatic rings. The number of hydrogen-bond acceptors (Lipinski definition) is 5. The summed E-state index contributed by atoms with van der Waals surface area (Å²) < 4.78 is 32.5. The Morgan fingerprint density at radius 3 is 2.27 bits per heavy atom. The lowest BCUT2D eigenvalue weighted by Crippen LogP contribution is -2.53. The van der Waals surface area contributed by atoms with Crippen LogP contribution in [-0.4, -0.2) is 57.6 Å². The Kier molecular flexibility index (Phi) is 11.0. The molecule has 0 unspecified atom stereocenters. The largest absolute Gasteiger partial charge is 0.495 e. The van der Waals surface area contributed by atoms with E-state index in [1.807, 2.05) is 44.2 Å². The standard InChI is InChI=1S/C30H36ClN3O5S/c1-5-17-32-30(36)27(19-23-9-7-6-8-10-23)33(20-24-12-14-25(31)15-13-24)29(35)21-34(40(4,37)38)26-18-22(2)11-16-28(26)39-3/h6-16,18,27H,5,17,19-21H2,1-4H3,(H,32,36)/t27-/m1/s1. The highest BCUT2D eigenvalue weighted by molar-refractivity contribution is 7.92. The summed E-state index contributed by atoms with van der Waals surface area (Å²) in [5, 5.41) is 3.46. The van der Waals surface area contributed by atoms with E-state index in [1.54, 1.807) is 42.5 Å². The molecule has 3 aromatic carbocycles. The van der Waals surface area contributed by atoms with Crippen molar-refractivity contribution in [1.29, 1.82) is 0 Å². The predicted octanol–water partition coefficient (Wildman–Crippen LogP) is 4.59. The fourth-order valence-corrected chi connectivity index (χ4v) is 5.27. The van der Waals surface area contributed by atoms with Gasteiger partial charge >= 0.3 is 0 Å². The highest BCUT2D eigenvalue weighted by atomic mass is 35.5. The van der Waals surface area contributed by atoms with Crippen molar-refractivity contribution in [3.8, 4) is 5.75 Å². The van der Waals surface area contributed by atoms with Gasteiger partial charge in [0.2, 0.25) is 21.8 Å². The SMILES string of the molecule is CCCNC(=O)[C@@H](Cc1ccccc1)N(Cc1ccc(Cl)cc1)C(=O)CN(c1cc(C)ccc1OC)S(C)(=O)=O. The minimum Gasteiger partial charge on any atom is -0.495 e. The quantitative estimate of drug-likeness (QED) is 0.317. The molecule has 0 spiro atoms. The van der Waals surface area contributed by atoms with Gasteiger partial charge in [-0.2, -0.15) is 0 Å². The van der Waals surface area contributed by atoms with Crippen molar-refractivity contribution in [3.05, 3.63) is 94.5 Å². The number of carbonyl (C=O) groups excluding carboxylic acids is 2. The Hall–Kier alpha value is -3.56. The van der Waals surface area contributed by atoms with E-state index in [2.05, 4.69) is 5.32 Å². The molecule has 0 aliphatic heterocycles. The Bertz CT molecular complexity index is 1400. The number of amides is 2. The van der Waals surface area contributed by atoms with Gasteiger partial charge in [-0.1, -0.05) is 67.1 Å². The number of nitrogens with one attached hydrogen (secondary N) is 1. The molecule has 2 amide bonds. The fraction of sp³-hybridized carbons (Fsp3) is 0.333. The number of ether oxygens (including phenoxy) is 1. The average Bonchev–Trinajstić information content (AvgIpc) is 2.93. The number of sulfonamides is 1. The van der Waals surface area contributed by atoms with Gasteiger partial charge in [-0.3, -0.25) is 13.9 Å². The van der Waals surface area contributed by atoms with E-state index < -0.39 is 28.5 Å². The number of anilines is 1. The summed E-state index contributed by atoms with van der Waals surface area (Å²) in [7, 11) is -2.46. The van der Waals surface area contributed by atoms with Crippen molar-refractivity contribution in [2.75, 3.05) is 30.8 Å². The van der Waals surface area contributed by atoms with Crippen molar-refractivity contribution in [3.63, 3.8) is 0 Å². The first-order chi connectivity index (χ1) is 19.0. The molecule has 0 aromatic heterocycles. The second kappa shape index (κ2) is 14.2. The molecule has 1 atom stereocenters. The van der Waals surface area contributed by atoms with Crippen molar-refractivity contribution in [1.82, 2.24) is 10.2 Å². The number of benzene rings is 3. The van der Waals surface area contributed by atoms with E-state index in [1.165, 1.54) is 12.0 Å². The predicted molar refractivity (Wildman–Crippen MR) is 159 cm³/mol. The lowest BCUT2D eigenvalue weighted by atomic mass is 10.0. The maximum atomic E-state index is 14.1. The van der Waals surface area contributed by atoms with E-state index in [9.17, 15) is 18.0 Å². The normalized spacial score (nSPS) is 11.9. The molecule has 0 saturated carbocycles. The van der Waals surface area contributed by atoms with Crippen LogP contribution in [0.15, 0.2) is 72.8 Å². The van der Waals surface area contributed by atoms with E-state index in [0.29, 0.717) is 17.3 Å². The van der Waals surface area contributed by atoms with Crippen LogP contribution in [-0.2, 0) is 32.6 Å². The molecular formula is C30H36ClN3O5S. The van der Waals surface area contributed by atoms with Crippen LogP contribution in [0.5, 0.6) is 5.75 Å². The summed E-state index contributed by atoms with van der Waals surface area (Å²) in [4.78, 5) is 29.1. The second-order valence-electron chi connectivity index (χ2n) is 9.59. The third-order valence-electron chi connectivity index (χ3n) is 6.37. The van der Waals surface area contributed by atoms with Crippen molar-refractivity contribution < 1.29 is 22.7 Å². The zero-order valence-corrected chi connectivity index (χ0v) is 24.8. The van der Waals surface area contributed by atoms with Crippen LogP contribution in [0, 0.1) is 6.92 Å². The smallest absolute Gasteiger partial charge is 0.244 e. The second-order valence-corrected chi connectivity index (χ2v) is 11.9. The van der Waals surface area contributed by atoms with E-state index in [4.69, 9.17) is 16.3 Å². The number of methoxy groups -OCH3 is 1. The van der Waals surface area contributed by atoms with Crippen LogP contribution >= 0.6 is 11.6 Å². The van der Waals surface area contributed by atoms with E-state index >= 15 is 0 Å². The zero-order chi connectivity index (χ0) is 29.3. The molecule has 10 heteroatoms. The molecule has 3 aromatic rings. The molecular weight excluding hydrogens is 550 g/mol. The number of aryl methyl sites for hydroxylation is 1. The molecule has 0 aliphatic carbocycles. The zero-order valence-electron chi connectivity index (χ0n) is 23.3. The molecule has 0 bridgehead atoms. The van der Waals surface area contributed by atoms with Crippen LogP contribution in [0.4, 0.5) is 5.69 Å². The lowest BCUT2D eigenvalue weighted by Gasteiger charge is -2.33. The molecule has 8 nitrogen and oxygen atoms in total. The summed E-state index contributed by atoms with van der Waals surface area (Å²) in [6.07, 6.45) is 2.02. The van der Waals surface area contributed by atoms with Gasteiger partial charge < -0.3 is 15.0 Å². The molecule has 3 rings (SSSR count). The first-order valence-electron chi connectivity index (χ1n) is 13.0. The van der Waals surface area contributed by atoms with Crippen LogP contribution in [0.2, 0.25) is 5.02 Å². The Balaban J connectivity index is 2.08. The average molecular weight is 586 g/mol. The van der Waals surface area contributed by atoms with Gasteiger partial charge in [-0.25, -0.2) is 8.42 Å². The number of nitrogens with zero attached hydrogens (tertiary/aromatic N) is 2. The molecule has 1 N–H and O–H groups in total. The summed E-state index contributed by atoms with van der Waals surface area (Å²) in [6.45, 7) is 3.78. The van der Waals surface area contributed by atoms with Crippen molar-refractivity contribution in [2.45, 2.75) is 39.3 Å². The molecule has 0 heterocycles. The molecule has 0 fully saturated rings.